The highest BCUT2D eigenvalue weighted by Crippen LogP contribution is 2.38. The van der Waals surface area contributed by atoms with Gasteiger partial charge in [0.2, 0.25) is 0 Å². The molecule has 3 unspecified atom stereocenters. The molecule has 3 nitrogen and oxygen atoms in total. The van der Waals surface area contributed by atoms with E-state index >= 15 is 0 Å². The first-order valence-electron chi connectivity index (χ1n) is 9.27. The van der Waals surface area contributed by atoms with Gasteiger partial charge in [-0.15, -0.1) is 0 Å². The molecule has 0 amide bonds. The Morgan fingerprint density at radius 2 is 1.90 bits per heavy atom. The van der Waals surface area contributed by atoms with E-state index in [9.17, 15) is 5.11 Å². The molecule has 3 atom stereocenters. The third kappa shape index (κ3) is 4.94. The average molecular weight is 294 g/mol. The van der Waals surface area contributed by atoms with Gasteiger partial charge in [0.05, 0.1) is 6.10 Å². The van der Waals surface area contributed by atoms with E-state index in [2.05, 4.69) is 24.1 Å². The van der Waals surface area contributed by atoms with Crippen LogP contribution >= 0.6 is 0 Å². The molecule has 3 fully saturated rings. The summed E-state index contributed by atoms with van der Waals surface area (Å²) < 4.78 is 0. The van der Waals surface area contributed by atoms with E-state index in [1.165, 1.54) is 51.6 Å². The van der Waals surface area contributed by atoms with Crippen LogP contribution in [0.1, 0.15) is 58.8 Å². The van der Waals surface area contributed by atoms with Gasteiger partial charge in [-0.05, 0) is 69.2 Å². The number of nitrogens with one attached hydrogen (secondary N) is 1. The van der Waals surface area contributed by atoms with Gasteiger partial charge in [0, 0.05) is 25.2 Å². The van der Waals surface area contributed by atoms with Crippen molar-refractivity contribution in [1.29, 1.82) is 0 Å². The van der Waals surface area contributed by atoms with Crippen molar-refractivity contribution < 1.29 is 5.11 Å². The van der Waals surface area contributed by atoms with Crippen molar-refractivity contribution in [3.63, 3.8) is 0 Å². The molecule has 0 aromatic heterocycles. The molecule has 1 heterocycles. The molecular formula is C18H34N2O. The number of likely N-dealkylation sites (tertiary alicyclic amines) is 1. The number of rotatable bonds is 8. The van der Waals surface area contributed by atoms with E-state index in [4.69, 9.17) is 0 Å². The van der Waals surface area contributed by atoms with Gasteiger partial charge in [-0.2, -0.15) is 0 Å². The van der Waals surface area contributed by atoms with Crippen LogP contribution < -0.4 is 5.32 Å². The van der Waals surface area contributed by atoms with Crippen molar-refractivity contribution in [2.45, 2.75) is 77.0 Å². The normalized spacial score (nSPS) is 32.6. The molecule has 3 heteroatoms. The van der Waals surface area contributed by atoms with Gasteiger partial charge in [0.1, 0.15) is 0 Å². The minimum Gasteiger partial charge on any atom is -0.393 e. The number of hydrogen-bond donors (Lipinski definition) is 2. The van der Waals surface area contributed by atoms with Crippen LogP contribution in [0.15, 0.2) is 0 Å². The summed E-state index contributed by atoms with van der Waals surface area (Å²) in [5, 5.41) is 14.1. The van der Waals surface area contributed by atoms with Gasteiger partial charge < -0.3 is 10.4 Å². The van der Waals surface area contributed by atoms with Crippen molar-refractivity contribution in [2.75, 3.05) is 19.6 Å². The van der Waals surface area contributed by atoms with Crippen LogP contribution in [0.25, 0.3) is 0 Å². The molecule has 2 saturated carbocycles. The number of nitrogens with zero attached hydrogens (tertiary/aromatic N) is 1. The van der Waals surface area contributed by atoms with Crippen LogP contribution in [0.5, 0.6) is 0 Å². The molecule has 3 rings (SSSR count). The van der Waals surface area contributed by atoms with Gasteiger partial charge in [0.15, 0.2) is 0 Å². The maximum absolute atomic E-state index is 10.3. The molecule has 0 aromatic rings. The molecule has 2 N–H and O–H groups in total. The number of aliphatic hydroxyl groups excluding tert-OH is 1. The zero-order chi connectivity index (χ0) is 14.8. The molecule has 21 heavy (non-hydrogen) atoms. The first kappa shape index (κ1) is 15.8. The zero-order valence-corrected chi connectivity index (χ0v) is 13.9. The highest BCUT2D eigenvalue weighted by molar-refractivity contribution is 4.94. The standard InChI is InChI=1S/C18H34N2O/c1-13(2)7-8-19-16-9-14(10-18(21)15-3-4-15)11-20(12-16)17-5-6-17/h13-19,21H,3-12H2,1-2H3. The second-order valence-electron chi connectivity index (χ2n) is 8.26. The molecule has 0 bridgehead atoms. The number of piperidine rings is 1. The Labute approximate surface area is 130 Å². The molecule has 0 spiro atoms. The lowest BCUT2D eigenvalue weighted by Crippen LogP contribution is -2.50. The van der Waals surface area contributed by atoms with E-state index in [0.29, 0.717) is 17.9 Å². The fourth-order valence-corrected chi connectivity index (χ4v) is 3.89. The molecule has 1 saturated heterocycles. The SMILES string of the molecule is CC(C)CCNC1CC(CC(O)C2CC2)CN(C2CC2)C1. The second kappa shape index (κ2) is 6.97. The van der Waals surface area contributed by atoms with Crippen LogP contribution in [-0.2, 0) is 0 Å². The van der Waals surface area contributed by atoms with Crippen molar-refractivity contribution in [3.8, 4) is 0 Å². The monoisotopic (exact) mass is 294 g/mol. The predicted molar refractivity (Wildman–Crippen MR) is 87.3 cm³/mol. The van der Waals surface area contributed by atoms with Crippen LogP contribution in [0, 0.1) is 17.8 Å². The first-order valence-corrected chi connectivity index (χ1v) is 9.27. The zero-order valence-electron chi connectivity index (χ0n) is 13.9. The summed E-state index contributed by atoms with van der Waals surface area (Å²) in [6.45, 7) is 8.22. The van der Waals surface area contributed by atoms with E-state index < -0.39 is 0 Å². The van der Waals surface area contributed by atoms with Gasteiger partial charge >= 0.3 is 0 Å². The van der Waals surface area contributed by atoms with E-state index in [1.54, 1.807) is 0 Å². The minimum absolute atomic E-state index is 0.0227. The van der Waals surface area contributed by atoms with Gasteiger partial charge in [-0.3, -0.25) is 4.90 Å². The lowest BCUT2D eigenvalue weighted by atomic mass is 9.88. The summed E-state index contributed by atoms with van der Waals surface area (Å²) >= 11 is 0. The summed E-state index contributed by atoms with van der Waals surface area (Å²) in [5.41, 5.74) is 0. The molecule has 0 radical (unpaired) electrons. The summed E-state index contributed by atoms with van der Waals surface area (Å²) in [6.07, 6.45) is 8.88. The molecule has 0 aromatic carbocycles. The fourth-order valence-electron chi connectivity index (χ4n) is 3.89. The van der Waals surface area contributed by atoms with E-state index in [0.717, 1.165) is 24.9 Å². The molecule has 3 aliphatic rings. The Morgan fingerprint density at radius 3 is 2.52 bits per heavy atom. The van der Waals surface area contributed by atoms with Crippen molar-refractivity contribution in [2.24, 2.45) is 17.8 Å². The second-order valence-corrected chi connectivity index (χ2v) is 8.26. The van der Waals surface area contributed by atoms with Crippen molar-refractivity contribution >= 4 is 0 Å². The van der Waals surface area contributed by atoms with Gasteiger partial charge in [0.25, 0.3) is 0 Å². The summed E-state index contributed by atoms with van der Waals surface area (Å²) in [6, 6.07) is 1.51. The maximum atomic E-state index is 10.3. The Hall–Kier alpha value is -0.120. The maximum Gasteiger partial charge on any atom is 0.0571 e. The third-order valence-electron chi connectivity index (χ3n) is 5.52. The fraction of sp³-hybridized carbons (Fsp3) is 1.00. The number of aliphatic hydroxyl groups is 1. The van der Waals surface area contributed by atoms with E-state index in [-0.39, 0.29) is 6.10 Å². The van der Waals surface area contributed by atoms with Crippen LogP contribution in [0.3, 0.4) is 0 Å². The van der Waals surface area contributed by atoms with Crippen LogP contribution in [0.4, 0.5) is 0 Å². The van der Waals surface area contributed by atoms with Gasteiger partial charge in [-0.25, -0.2) is 0 Å². The summed E-state index contributed by atoms with van der Waals surface area (Å²) in [4.78, 5) is 2.71. The molecule has 122 valence electrons. The Kier molecular flexibility index (Phi) is 5.23. The highest BCUT2D eigenvalue weighted by atomic mass is 16.3. The largest absolute Gasteiger partial charge is 0.393 e. The van der Waals surface area contributed by atoms with Gasteiger partial charge in [-0.1, -0.05) is 13.8 Å². The topological polar surface area (TPSA) is 35.5 Å². The third-order valence-corrected chi connectivity index (χ3v) is 5.52. The average Bonchev–Trinajstić information content (AvgIpc) is 3.29. The highest BCUT2D eigenvalue weighted by Gasteiger charge is 2.38. The smallest absolute Gasteiger partial charge is 0.0571 e. The quantitative estimate of drug-likeness (QED) is 0.722. The Morgan fingerprint density at radius 1 is 1.14 bits per heavy atom. The van der Waals surface area contributed by atoms with Crippen LogP contribution in [-0.4, -0.2) is 47.8 Å². The molecule has 1 aliphatic heterocycles. The van der Waals surface area contributed by atoms with Crippen molar-refractivity contribution in [3.05, 3.63) is 0 Å². The lowest BCUT2D eigenvalue weighted by molar-refractivity contribution is 0.0716. The van der Waals surface area contributed by atoms with Crippen LogP contribution in [0.2, 0.25) is 0 Å². The summed E-state index contributed by atoms with van der Waals surface area (Å²) in [7, 11) is 0. The Bertz CT molecular complexity index is 323. The summed E-state index contributed by atoms with van der Waals surface area (Å²) in [5.74, 6) is 2.12. The molecular weight excluding hydrogens is 260 g/mol. The van der Waals surface area contributed by atoms with E-state index in [1.807, 2.05) is 0 Å². The predicted octanol–water partition coefficient (Wildman–Crippen LogP) is 2.64. The lowest BCUT2D eigenvalue weighted by Gasteiger charge is -2.39. The van der Waals surface area contributed by atoms with Crippen molar-refractivity contribution in [1.82, 2.24) is 10.2 Å². The Balaban J connectivity index is 1.48. The first-order chi connectivity index (χ1) is 10.1. The molecule has 2 aliphatic carbocycles. The minimum atomic E-state index is -0.0227. The number of hydrogen-bond acceptors (Lipinski definition) is 3.